The first-order chi connectivity index (χ1) is 12.0. The zero-order valence-corrected chi connectivity index (χ0v) is 14.8. The van der Waals surface area contributed by atoms with Crippen LogP contribution in [0.15, 0.2) is 55.0 Å². The standard InChI is InChI=1S/C19H13Cl2N3O/c1-11(25)24-19(12-2-4-13(20)5-3-12)16-7-6-14(21)8-15(16)18-17(19)9-22-10-23-18/h2-10H,1H3,(H,24,25). The second kappa shape index (κ2) is 5.83. The molecule has 1 amide bonds. The van der Waals surface area contributed by atoms with E-state index in [-0.39, 0.29) is 5.91 Å². The summed E-state index contributed by atoms with van der Waals surface area (Å²) >= 11 is 12.3. The molecule has 6 heteroatoms. The third kappa shape index (κ3) is 2.41. The molecule has 0 bridgehead atoms. The van der Waals surface area contributed by atoms with Crippen LogP contribution in [0.4, 0.5) is 0 Å². The molecular weight excluding hydrogens is 357 g/mol. The maximum Gasteiger partial charge on any atom is 0.218 e. The van der Waals surface area contributed by atoms with Crippen LogP contribution in [-0.2, 0) is 10.3 Å². The smallest absolute Gasteiger partial charge is 0.218 e. The van der Waals surface area contributed by atoms with Gasteiger partial charge in [0.15, 0.2) is 0 Å². The Morgan fingerprint density at radius 1 is 1.04 bits per heavy atom. The molecule has 1 unspecified atom stereocenters. The fourth-order valence-corrected chi connectivity index (χ4v) is 3.78. The van der Waals surface area contributed by atoms with E-state index >= 15 is 0 Å². The molecule has 0 saturated heterocycles. The Balaban J connectivity index is 2.10. The Bertz CT molecular complexity index is 988. The van der Waals surface area contributed by atoms with Gasteiger partial charge in [0.05, 0.1) is 5.69 Å². The summed E-state index contributed by atoms with van der Waals surface area (Å²) in [7, 11) is 0. The highest BCUT2D eigenvalue weighted by molar-refractivity contribution is 6.31. The van der Waals surface area contributed by atoms with Crippen molar-refractivity contribution < 1.29 is 4.79 Å². The van der Waals surface area contributed by atoms with Crippen molar-refractivity contribution >= 4 is 29.1 Å². The quantitative estimate of drug-likeness (QED) is 0.736. The van der Waals surface area contributed by atoms with Crippen molar-refractivity contribution in [2.24, 2.45) is 0 Å². The van der Waals surface area contributed by atoms with Crippen LogP contribution in [-0.4, -0.2) is 15.9 Å². The minimum atomic E-state index is -0.882. The van der Waals surface area contributed by atoms with Crippen molar-refractivity contribution in [2.45, 2.75) is 12.5 Å². The number of amides is 1. The molecule has 3 aromatic rings. The molecule has 4 nitrogen and oxygen atoms in total. The Morgan fingerprint density at radius 2 is 1.76 bits per heavy atom. The molecule has 4 rings (SSSR count). The highest BCUT2D eigenvalue weighted by Gasteiger charge is 2.46. The van der Waals surface area contributed by atoms with E-state index in [9.17, 15) is 4.79 Å². The van der Waals surface area contributed by atoms with Gasteiger partial charge in [-0.3, -0.25) is 4.79 Å². The third-order valence-corrected chi connectivity index (χ3v) is 4.88. The minimum Gasteiger partial charge on any atom is -0.339 e. The summed E-state index contributed by atoms with van der Waals surface area (Å²) < 4.78 is 0. The van der Waals surface area contributed by atoms with Crippen molar-refractivity contribution in [3.63, 3.8) is 0 Å². The van der Waals surface area contributed by atoms with Gasteiger partial charge in [-0.2, -0.15) is 0 Å². The number of rotatable bonds is 2. The van der Waals surface area contributed by atoms with Gasteiger partial charge in [0.1, 0.15) is 11.9 Å². The molecule has 1 N–H and O–H groups in total. The van der Waals surface area contributed by atoms with Gasteiger partial charge in [0, 0.05) is 34.3 Å². The van der Waals surface area contributed by atoms with E-state index in [4.69, 9.17) is 23.2 Å². The van der Waals surface area contributed by atoms with Crippen LogP contribution in [0.3, 0.4) is 0 Å². The van der Waals surface area contributed by atoms with Crippen molar-refractivity contribution in [3.05, 3.63) is 81.7 Å². The summed E-state index contributed by atoms with van der Waals surface area (Å²) in [5.74, 6) is -0.160. The lowest BCUT2D eigenvalue weighted by Crippen LogP contribution is -2.45. The highest BCUT2D eigenvalue weighted by Crippen LogP contribution is 2.50. The molecular formula is C19H13Cl2N3O. The van der Waals surface area contributed by atoms with Gasteiger partial charge in [-0.15, -0.1) is 0 Å². The first-order valence-electron chi connectivity index (χ1n) is 7.68. The summed E-state index contributed by atoms with van der Waals surface area (Å²) in [4.78, 5) is 20.8. The van der Waals surface area contributed by atoms with Crippen LogP contribution in [0.25, 0.3) is 11.3 Å². The Morgan fingerprint density at radius 3 is 2.48 bits per heavy atom. The lowest BCUT2D eigenvalue weighted by atomic mass is 9.81. The molecule has 0 spiro atoms. The number of fused-ring (bicyclic) bond motifs is 3. The number of halogens is 2. The van der Waals surface area contributed by atoms with E-state index in [0.29, 0.717) is 10.0 Å². The summed E-state index contributed by atoms with van der Waals surface area (Å²) in [6.07, 6.45) is 3.23. The number of nitrogens with zero attached hydrogens (tertiary/aromatic N) is 2. The number of hydrogen-bond donors (Lipinski definition) is 1. The molecule has 1 aliphatic carbocycles. The highest BCUT2D eigenvalue weighted by atomic mass is 35.5. The van der Waals surface area contributed by atoms with Crippen molar-refractivity contribution in [1.29, 1.82) is 0 Å². The van der Waals surface area contributed by atoms with Crippen LogP contribution < -0.4 is 5.32 Å². The van der Waals surface area contributed by atoms with Gasteiger partial charge in [-0.05, 0) is 35.4 Å². The second-order valence-electron chi connectivity index (χ2n) is 5.91. The summed E-state index contributed by atoms with van der Waals surface area (Å²) in [5.41, 5.74) is 3.36. The SMILES string of the molecule is CC(=O)NC1(c2ccc(Cl)cc2)c2ccc(Cl)cc2-c2ncncc21. The number of benzene rings is 2. The van der Waals surface area contributed by atoms with E-state index in [1.54, 1.807) is 18.3 Å². The molecule has 1 heterocycles. The van der Waals surface area contributed by atoms with Gasteiger partial charge in [0.2, 0.25) is 5.91 Å². The molecule has 1 aliphatic rings. The fraction of sp³-hybridized carbons (Fsp3) is 0.105. The average molecular weight is 370 g/mol. The molecule has 1 aromatic heterocycles. The van der Waals surface area contributed by atoms with E-state index in [0.717, 1.165) is 27.9 Å². The minimum absolute atomic E-state index is 0.160. The van der Waals surface area contributed by atoms with E-state index in [1.165, 1.54) is 13.3 Å². The van der Waals surface area contributed by atoms with E-state index < -0.39 is 5.54 Å². The zero-order valence-electron chi connectivity index (χ0n) is 13.3. The second-order valence-corrected chi connectivity index (χ2v) is 6.79. The molecule has 1 atom stereocenters. The Hall–Kier alpha value is -2.43. The van der Waals surface area contributed by atoms with Crippen LogP contribution in [0.2, 0.25) is 10.0 Å². The molecule has 0 saturated carbocycles. The lowest BCUT2D eigenvalue weighted by Gasteiger charge is -2.33. The number of nitrogens with one attached hydrogen (secondary N) is 1. The van der Waals surface area contributed by atoms with Crippen LogP contribution in [0.5, 0.6) is 0 Å². The molecule has 0 fully saturated rings. The van der Waals surface area contributed by atoms with Crippen molar-refractivity contribution in [1.82, 2.24) is 15.3 Å². The van der Waals surface area contributed by atoms with Gasteiger partial charge in [-0.1, -0.05) is 41.4 Å². The molecule has 0 radical (unpaired) electrons. The number of carbonyl (C=O) groups excluding carboxylic acids is 1. The monoisotopic (exact) mass is 369 g/mol. The van der Waals surface area contributed by atoms with E-state index in [2.05, 4.69) is 15.3 Å². The molecule has 0 aliphatic heterocycles. The summed E-state index contributed by atoms with van der Waals surface area (Å²) in [6.45, 7) is 1.50. The first-order valence-corrected chi connectivity index (χ1v) is 8.43. The van der Waals surface area contributed by atoms with Crippen molar-refractivity contribution in [2.75, 3.05) is 0 Å². The van der Waals surface area contributed by atoms with Gasteiger partial charge >= 0.3 is 0 Å². The zero-order chi connectivity index (χ0) is 17.6. The predicted molar refractivity (Wildman–Crippen MR) is 97.6 cm³/mol. The Kier molecular flexibility index (Phi) is 3.74. The first kappa shape index (κ1) is 16.1. The van der Waals surface area contributed by atoms with Gasteiger partial charge in [-0.25, -0.2) is 9.97 Å². The molecule has 2 aromatic carbocycles. The van der Waals surface area contributed by atoms with E-state index in [1.807, 2.05) is 30.3 Å². The van der Waals surface area contributed by atoms with Crippen LogP contribution >= 0.6 is 23.2 Å². The third-order valence-electron chi connectivity index (χ3n) is 4.40. The maximum atomic E-state index is 12.1. The summed E-state index contributed by atoms with van der Waals surface area (Å²) in [5, 5.41) is 4.35. The number of aromatic nitrogens is 2. The fourth-order valence-electron chi connectivity index (χ4n) is 3.48. The molecule has 25 heavy (non-hydrogen) atoms. The predicted octanol–water partition coefficient (Wildman–Crippen LogP) is 4.19. The topological polar surface area (TPSA) is 54.9 Å². The lowest BCUT2D eigenvalue weighted by molar-refractivity contribution is -0.120. The number of carbonyl (C=O) groups is 1. The van der Waals surface area contributed by atoms with Crippen LogP contribution in [0, 0.1) is 0 Å². The van der Waals surface area contributed by atoms with Gasteiger partial charge in [0.25, 0.3) is 0 Å². The average Bonchev–Trinajstić information content (AvgIpc) is 2.86. The van der Waals surface area contributed by atoms with Crippen LogP contribution in [0.1, 0.15) is 23.6 Å². The molecule has 124 valence electrons. The summed E-state index contributed by atoms with van der Waals surface area (Å²) in [6, 6.07) is 13.0. The normalized spacial score (nSPS) is 17.7. The van der Waals surface area contributed by atoms with Crippen molar-refractivity contribution in [3.8, 4) is 11.3 Å². The van der Waals surface area contributed by atoms with Gasteiger partial charge < -0.3 is 5.32 Å². The maximum absolute atomic E-state index is 12.1. The largest absolute Gasteiger partial charge is 0.339 e. The Labute approximate surface area is 154 Å². The number of hydrogen-bond acceptors (Lipinski definition) is 3.